The summed E-state index contributed by atoms with van der Waals surface area (Å²) in [6.45, 7) is 0. The van der Waals surface area contributed by atoms with Crippen LogP contribution in [0, 0.1) is 0 Å². The van der Waals surface area contributed by atoms with E-state index in [0.717, 1.165) is 5.66 Å². The van der Waals surface area contributed by atoms with Gasteiger partial charge in [0.2, 0.25) is 0 Å². The molecule has 0 aromatic heterocycles. The number of halogens is 1. The molecule has 1 saturated carbocycles. The highest BCUT2D eigenvalue weighted by molar-refractivity contribution is 9.10. The lowest BCUT2D eigenvalue weighted by Gasteiger charge is -2.32. The molecule has 0 bridgehead atoms. The fourth-order valence-electron chi connectivity index (χ4n) is 3.12. The van der Waals surface area contributed by atoms with E-state index in [9.17, 15) is 0 Å². The van der Waals surface area contributed by atoms with Crippen molar-refractivity contribution in [2.75, 3.05) is 0 Å². The van der Waals surface area contributed by atoms with Crippen LogP contribution < -0.4 is 10.6 Å². The maximum absolute atomic E-state index is 3.78. The van der Waals surface area contributed by atoms with E-state index in [2.05, 4.69) is 70.5 Å². The largest absolute Gasteiger partial charge is 0.0622 e. The second-order valence-electron chi connectivity index (χ2n) is 5.45. The monoisotopic (exact) mass is 357 g/mol. The van der Waals surface area contributed by atoms with Crippen LogP contribution in [0.1, 0.15) is 32.1 Å². The molecular formula is C18H20BBrP. The zero-order chi connectivity index (χ0) is 13.8. The summed E-state index contributed by atoms with van der Waals surface area (Å²) in [6.07, 6.45) is 7.01. The molecule has 0 saturated heterocycles. The van der Waals surface area contributed by atoms with Gasteiger partial charge >= 0.3 is 0 Å². The molecule has 3 rings (SSSR count). The van der Waals surface area contributed by atoms with Gasteiger partial charge in [0.1, 0.15) is 0 Å². The molecule has 0 N–H and O–H groups in total. The molecule has 21 heavy (non-hydrogen) atoms. The van der Waals surface area contributed by atoms with Gasteiger partial charge in [-0.3, -0.25) is 0 Å². The first-order valence-electron chi connectivity index (χ1n) is 7.45. The maximum Gasteiger partial charge on any atom is 0.0255 e. The third-order valence-corrected chi connectivity index (χ3v) is 8.09. The van der Waals surface area contributed by atoms with E-state index in [1.54, 1.807) is 0 Å². The van der Waals surface area contributed by atoms with Gasteiger partial charge in [-0.15, -0.1) is 0 Å². The van der Waals surface area contributed by atoms with Gasteiger partial charge in [-0.2, -0.15) is 0 Å². The molecule has 0 heterocycles. The molecule has 107 valence electrons. The molecule has 1 aliphatic rings. The molecule has 2 aromatic carbocycles. The van der Waals surface area contributed by atoms with Gasteiger partial charge in [-0.25, -0.2) is 0 Å². The van der Waals surface area contributed by atoms with E-state index in [-0.39, 0.29) is 16.3 Å². The van der Waals surface area contributed by atoms with Gasteiger partial charge in [-0.1, -0.05) is 83.7 Å². The van der Waals surface area contributed by atoms with Crippen molar-refractivity contribution in [2.45, 2.75) is 37.8 Å². The van der Waals surface area contributed by atoms with Gasteiger partial charge in [-0.05, 0) is 43.1 Å². The predicted octanol–water partition coefficient (Wildman–Crippen LogP) is 4.83. The highest BCUT2D eigenvalue weighted by Gasteiger charge is 2.27. The van der Waals surface area contributed by atoms with Crippen LogP contribution in [0.5, 0.6) is 0 Å². The molecule has 1 aliphatic carbocycles. The minimum Gasteiger partial charge on any atom is -0.0622 e. The Labute approximate surface area is 139 Å². The number of hydrogen-bond donors (Lipinski definition) is 0. The van der Waals surface area contributed by atoms with Crippen LogP contribution in [0.4, 0.5) is 0 Å². The average molecular weight is 358 g/mol. The Morgan fingerprint density at radius 1 is 0.810 bits per heavy atom. The second-order valence-corrected chi connectivity index (χ2v) is 8.77. The molecule has 3 heteroatoms. The highest BCUT2D eigenvalue weighted by Crippen LogP contribution is 2.47. The Kier molecular flexibility index (Phi) is 6.52. The topological polar surface area (TPSA) is 0 Å². The van der Waals surface area contributed by atoms with E-state index in [4.69, 9.17) is 0 Å². The Morgan fingerprint density at radius 2 is 1.43 bits per heavy atom. The first kappa shape index (κ1) is 16.8. The molecule has 0 aliphatic heterocycles. The Balaban J connectivity index is 0.00000161. The summed E-state index contributed by atoms with van der Waals surface area (Å²) in [5.41, 5.74) is 0.847. The van der Waals surface area contributed by atoms with Gasteiger partial charge in [0.05, 0.1) is 0 Å². The van der Waals surface area contributed by atoms with Crippen LogP contribution in [0.25, 0.3) is 0 Å². The van der Waals surface area contributed by atoms with Crippen molar-refractivity contribution in [1.82, 2.24) is 0 Å². The molecule has 1 fully saturated rings. The lowest BCUT2D eigenvalue weighted by atomic mass is 10.0. The summed E-state index contributed by atoms with van der Waals surface area (Å²) >= 11 is 3.78. The van der Waals surface area contributed by atoms with Crippen LogP contribution in [-0.4, -0.2) is 14.1 Å². The van der Waals surface area contributed by atoms with E-state index in [1.807, 2.05) is 0 Å². The van der Waals surface area contributed by atoms with Crippen molar-refractivity contribution in [3.8, 4) is 0 Å². The number of rotatable bonds is 3. The van der Waals surface area contributed by atoms with E-state index < -0.39 is 0 Å². The average Bonchev–Trinajstić information content (AvgIpc) is 2.52. The summed E-state index contributed by atoms with van der Waals surface area (Å²) in [7, 11) is -0.237. The number of hydrogen-bond acceptors (Lipinski definition) is 0. The van der Waals surface area contributed by atoms with Crippen LogP contribution in [0.15, 0.2) is 59.1 Å². The normalized spacial score (nSPS) is 17.0. The van der Waals surface area contributed by atoms with E-state index in [0.29, 0.717) is 0 Å². The third-order valence-electron chi connectivity index (χ3n) is 4.09. The molecule has 3 radical (unpaired) electrons. The molecule has 0 amide bonds. The van der Waals surface area contributed by atoms with Gasteiger partial charge in [0.25, 0.3) is 0 Å². The molecular weight excluding hydrogens is 338 g/mol. The van der Waals surface area contributed by atoms with Crippen molar-refractivity contribution >= 4 is 42.9 Å². The molecule has 0 spiro atoms. The summed E-state index contributed by atoms with van der Waals surface area (Å²) < 4.78 is 1.28. The second kappa shape index (κ2) is 8.15. The van der Waals surface area contributed by atoms with Crippen LogP contribution in [0.2, 0.25) is 0 Å². The van der Waals surface area contributed by atoms with Gasteiger partial charge < -0.3 is 0 Å². The fraction of sp³-hybridized carbons (Fsp3) is 0.333. The first-order chi connectivity index (χ1) is 9.86. The fourth-order valence-corrected chi connectivity index (χ4v) is 7.00. The summed E-state index contributed by atoms with van der Waals surface area (Å²) in [5.74, 6) is 0. The zero-order valence-corrected chi connectivity index (χ0v) is 14.7. The quantitative estimate of drug-likeness (QED) is 0.545. The SMILES string of the molecule is Brc1ccccc1P(c1ccccc1)C1CCCCC1.[B]. The third kappa shape index (κ3) is 3.99. The summed E-state index contributed by atoms with van der Waals surface area (Å²) in [4.78, 5) is 0. The Bertz CT molecular complexity index is 552. The van der Waals surface area contributed by atoms with Crippen molar-refractivity contribution in [3.63, 3.8) is 0 Å². The Hall–Kier alpha value is -0.585. The lowest BCUT2D eigenvalue weighted by molar-refractivity contribution is 0.513. The van der Waals surface area contributed by atoms with Gasteiger partial charge in [0.15, 0.2) is 0 Å². The zero-order valence-electron chi connectivity index (χ0n) is 12.2. The first-order valence-corrected chi connectivity index (χ1v) is 9.65. The van der Waals surface area contributed by atoms with E-state index >= 15 is 0 Å². The lowest BCUT2D eigenvalue weighted by Crippen LogP contribution is -2.24. The van der Waals surface area contributed by atoms with Gasteiger partial charge in [0, 0.05) is 12.9 Å². The van der Waals surface area contributed by atoms with Crippen LogP contribution in [-0.2, 0) is 0 Å². The van der Waals surface area contributed by atoms with Crippen LogP contribution >= 0.6 is 23.9 Å². The van der Waals surface area contributed by atoms with Crippen molar-refractivity contribution in [2.24, 2.45) is 0 Å². The van der Waals surface area contributed by atoms with Crippen molar-refractivity contribution < 1.29 is 0 Å². The molecule has 2 aromatic rings. The summed E-state index contributed by atoms with van der Waals surface area (Å²) in [5, 5.41) is 3.04. The smallest absolute Gasteiger partial charge is 0.0255 e. The minimum atomic E-state index is -0.237. The van der Waals surface area contributed by atoms with Crippen LogP contribution in [0.3, 0.4) is 0 Å². The van der Waals surface area contributed by atoms with Crippen molar-refractivity contribution in [1.29, 1.82) is 0 Å². The Morgan fingerprint density at radius 3 is 2.10 bits per heavy atom. The van der Waals surface area contributed by atoms with E-state index in [1.165, 1.54) is 47.2 Å². The predicted molar refractivity (Wildman–Crippen MR) is 99.4 cm³/mol. The summed E-state index contributed by atoms with van der Waals surface area (Å²) in [6, 6.07) is 19.9. The van der Waals surface area contributed by atoms with Crippen molar-refractivity contribution in [3.05, 3.63) is 59.1 Å². The molecule has 0 nitrogen and oxygen atoms in total. The minimum absolute atomic E-state index is 0. The highest BCUT2D eigenvalue weighted by atomic mass is 79.9. The molecule has 1 unspecified atom stereocenters. The molecule has 1 atom stereocenters. The maximum atomic E-state index is 3.78. The number of benzene rings is 2. The standard InChI is InChI=1S/C18H20BrP.B/c19-17-13-7-8-14-18(17)20(15-9-3-1-4-10-15)16-11-5-2-6-12-16;/h1,3-4,7-10,13-14,16H,2,5-6,11-12H2;.